The third kappa shape index (κ3) is 4.04. The van der Waals surface area contributed by atoms with Crippen LogP contribution in [0.4, 0.5) is 11.4 Å². The Balaban J connectivity index is 1.75. The highest BCUT2D eigenvalue weighted by molar-refractivity contribution is 7.86. The summed E-state index contributed by atoms with van der Waals surface area (Å²) < 4.78 is 64.6. The topological polar surface area (TPSA) is 146 Å². The molecule has 3 aromatic carbocycles. The lowest BCUT2D eigenvalue weighted by atomic mass is 10.1. The van der Waals surface area contributed by atoms with E-state index in [1.165, 1.54) is 42.6 Å². The predicted molar refractivity (Wildman–Crippen MR) is 109 cm³/mol. The number of hydrogen-bond acceptors (Lipinski definition) is 7. The maximum atomic E-state index is 11.7. The minimum absolute atomic E-state index is 0.177. The van der Waals surface area contributed by atoms with Gasteiger partial charge < -0.3 is 0 Å². The van der Waals surface area contributed by atoms with Crippen LogP contribution in [0.5, 0.6) is 0 Å². The Hall–Kier alpha value is -3.25. The minimum Gasteiger partial charge on any atom is -0.282 e. The van der Waals surface area contributed by atoms with E-state index < -0.39 is 20.2 Å². The van der Waals surface area contributed by atoms with E-state index in [0.29, 0.717) is 22.0 Å². The SMILES string of the molecule is O=S(=O)(O)c1ccc2cc(N=Nc3cc(S(=O)(=O)O)c4cccnc4c3)ccc2c1. The molecule has 9 nitrogen and oxygen atoms in total. The first kappa shape index (κ1) is 20.0. The van der Waals surface area contributed by atoms with Gasteiger partial charge >= 0.3 is 0 Å². The van der Waals surface area contributed by atoms with Crippen molar-refractivity contribution >= 4 is 53.3 Å². The van der Waals surface area contributed by atoms with Gasteiger partial charge in [0.15, 0.2) is 0 Å². The van der Waals surface area contributed by atoms with Crippen molar-refractivity contribution in [3.8, 4) is 0 Å². The number of hydrogen-bond donors (Lipinski definition) is 2. The molecule has 0 aliphatic carbocycles. The molecule has 2 N–H and O–H groups in total. The number of aromatic nitrogens is 1. The van der Waals surface area contributed by atoms with E-state index in [0.717, 1.165) is 0 Å². The Kier molecular flexibility index (Phi) is 4.82. The molecule has 0 saturated heterocycles. The molecule has 0 fully saturated rings. The highest BCUT2D eigenvalue weighted by Gasteiger charge is 2.16. The van der Waals surface area contributed by atoms with Crippen LogP contribution in [0, 0.1) is 0 Å². The van der Waals surface area contributed by atoms with Crippen LogP contribution in [-0.4, -0.2) is 30.9 Å². The van der Waals surface area contributed by atoms with Crippen molar-refractivity contribution in [2.75, 3.05) is 0 Å². The maximum absolute atomic E-state index is 11.7. The van der Waals surface area contributed by atoms with E-state index >= 15 is 0 Å². The zero-order chi connectivity index (χ0) is 21.5. The van der Waals surface area contributed by atoms with E-state index in [1.54, 1.807) is 24.3 Å². The summed E-state index contributed by atoms with van der Waals surface area (Å²) in [6, 6.07) is 14.8. The molecule has 4 rings (SSSR count). The first-order valence-corrected chi connectivity index (χ1v) is 11.3. The predicted octanol–water partition coefficient (Wildman–Crippen LogP) is 4.30. The van der Waals surface area contributed by atoms with Crippen LogP contribution < -0.4 is 0 Å². The molecule has 0 spiro atoms. The summed E-state index contributed by atoms with van der Waals surface area (Å²) >= 11 is 0. The minimum atomic E-state index is -4.49. The van der Waals surface area contributed by atoms with E-state index in [2.05, 4.69) is 15.2 Å². The molecular formula is C19H13N3O6S2. The van der Waals surface area contributed by atoms with Gasteiger partial charge in [-0.3, -0.25) is 14.1 Å². The molecule has 0 amide bonds. The number of benzene rings is 3. The van der Waals surface area contributed by atoms with Gasteiger partial charge in [-0.05, 0) is 59.3 Å². The van der Waals surface area contributed by atoms with Crippen LogP contribution >= 0.6 is 0 Å². The van der Waals surface area contributed by atoms with E-state index in [1.807, 2.05) is 0 Å². The van der Waals surface area contributed by atoms with Crippen molar-refractivity contribution in [3.63, 3.8) is 0 Å². The van der Waals surface area contributed by atoms with Gasteiger partial charge in [0.05, 0.1) is 21.8 Å². The van der Waals surface area contributed by atoms with Crippen LogP contribution in [0.15, 0.2) is 86.9 Å². The van der Waals surface area contributed by atoms with Gasteiger partial charge in [0, 0.05) is 11.6 Å². The summed E-state index contributed by atoms with van der Waals surface area (Å²) in [5, 5.41) is 9.62. The fourth-order valence-electron chi connectivity index (χ4n) is 2.96. The molecule has 11 heteroatoms. The van der Waals surface area contributed by atoms with Crippen molar-refractivity contribution in [2.24, 2.45) is 10.2 Å². The molecule has 0 saturated carbocycles. The maximum Gasteiger partial charge on any atom is 0.295 e. The molecule has 0 radical (unpaired) electrons. The molecule has 0 unspecified atom stereocenters. The van der Waals surface area contributed by atoms with E-state index in [-0.39, 0.29) is 20.9 Å². The van der Waals surface area contributed by atoms with Crippen LogP contribution in [-0.2, 0) is 20.2 Å². The molecule has 1 heterocycles. The molecular weight excluding hydrogens is 430 g/mol. The molecule has 0 aliphatic heterocycles. The second-order valence-corrected chi connectivity index (χ2v) is 9.17. The first-order chi connectivity index (χ1) is 14.1. The standard InChI is InChI=1S/C19H13N3O6S2/c23-29(24,25)16-6-4-12-8-14(5-3-13(12)9-16)21-22-15-10-18-17(2-1-7-20-18)19(11-15)30(26,27)28/h1-11H,(H,23,24,25)(H,26,27,28). The third-order valence-electron chi connectivity index (χ3n) is 4.32. The Bertz CT molecular complexity index is 1550. The van der Waals surface area contributed by atoms with Gasteiger partial charge in [-0.1, -0.05) is 12.1 Å². The molecule has 0 bridgehead atoms. The highest BCUT2D eigenvalue weighted by atomic mass is 32.2. The van der Waals surface area contributed by atoms with Crippen molar-refractivity contribution in [1.29, 1.82) is 0 Å². The average Bonchev–Trinajstić information content (AvgIpc) is 2.69. The lowest BCUT2D eigenvalue weighted by molar-refractivity contribution is 0.481. The van der Waals surface area contributed by atoms with Gasteiger partial charge in [-0.15, -0.1) is 0 Å². The zero-order valence-corrected chi connectivity index (χ0v) is 16.7. The van der Waals surface area contributed by atoms with Crippen LogP contribution in [0.1, 0.15) is 0 Å². The quantitative estimate of drug-likeness (QED) is 0.353. The number of rotatable bonds is 4. The first-order valence-electron chi connectivity index (χ1n) is 8.41. The second-order valence-electron chi connectivity index (χ2n) is 6.36. The van der Waals surface area contributed by atoms with Crippen LogP contribution in [0.25, 0.3) is 21.7 Å². The Morgan fingerprint density at radius 1 is 0.733 bits per heavy atom. The largest absolute Gasteiger partial charge is 0.295 e. The summed E-state index contributed by atoms with van der Waals surface area (Å²) in [5.41, 5.74) is 0.935. The van der Waals surface area contributed by atoms with Crippen molar-refractivity contribution in [2.45, 2.75) is 9.79 Å². The normalized spacial score (nSPS) is 12.7. The van der Waals surface area contributed by atoms with Crippen LogP contribution in [0.2, 0.25) is 0 Å². The molecule has 0 atom stereocenters. The lowest BCUT2D eigenvalue weighted by Gasteiger charge is -2.05. The smallest absolute Gasteiger partial charge is 0.282 e. The number of azo groups is 1. The van der Waals surface area contributed by atoms with Gasteiger partial charge in [0.25, 0.3) is 20.2 Å². The molecule has 4 aromatic rings. The Morgan fingerprint density at radius 3 is 2.17 bits per heavy atom. The van der Waals surface area contributed by atoms with E-state index in [4.69, 9.17) is 4.55 Å². The molecule has 30 heavy (non-hydrogen) atoms. The second kappa shape index (κ2) is 7.22. The zero-order valence-electron chi connectivity index (χ0n) is 15.0. The van der Waals surface area contributed by atoms with Crippen molar-refractivity contribution in [1.82, 2.24) is 4.98 Å². The molecule has 152 valence electrons. The summed E-state index contributed by atoms with van der Waals surface area (Å²) in [6.07, 6.45) is 1.49. The van der Waals surface area contributed by atoms with Gasteiger partial charge in [-0.25, -0.2) is 0 Å². The molecule has 0 aliphatic rings. The van der Waals surface area contributed by atoms with Crippen molar-refractivity contribution < 1.29 is 25.9 Å². The fraction of sp³-hybridized carbons (Fsp3) is 0. The molecule has 1 aromatic heterocycles. The van der Waals surface area contributed by atoms with E-state index in [9.17, 15) is 21.4 Å². The summed E-state index contributed by atoms with van der Waals surface area (Å²) in [7, 11) is -8.79. The van der Waals surface area contributed by atoms with Gasteiger partial charge in [0.1, 0.15) is 4.90 Å². The lowest BCUT2D eigenvalue weighted by Crippen LogP contribution is -1.99. The number of fused-ring (bicyclic) bond motifs is 2. The average molecular weight is 443 g/mol. The summed E-state index contributed by atoms with van der Waals surface area (Å²) in [4.78, 5) is 3.56. The highest BCUT2D eigenvalue weighted by Crippen LogP contribution is 2.30. The number of nitrogens with zero attached hydrogens (tertiary/aromatic N) is 3. The fourth-order valence-corrected chi connectivity index (χ4v) is 4.19. The summed E-state index contributed by atoms with van der Waals surface area (Å²) in [5.74, 6) is 0. The Labute approximate surface area is 171 Å². The monoisotopic (exact) mass is 443 g/mol. The number of pyridine rings is 1. The van der Waals surface area contributed by atoms with Gasteiger partial charge in [0.2, 0.25) is 0 Å². The third-order valence-corrected chi connectivity index (χ3v) is 6.06. The van der Waals surface area contributed by atoms with Crippen molar-refractivity contribution in [3.05, 3.63) is 66.9 Å². The van der Waals surface area contributed by atoms with Gasteiger partial charge in [-0.2, -0.15) is 27.1 Å². The Morgan fingerprint density at radius 2 is 1.43 bits per heavy atom. The van der Waals surface area contributed by atoms with Crippen LogP contribution in [0.3, 0.4) is 0 Å². The summed E-state index contributed by atoms with van der Waals surface area (Å²) in [6.45, 7) is 0.